The number of hydrogen-bond acceptors (Lipinski definition) is 3. The molecule has 0 radical (unpaired) electrons. The Hall–Kier alpha value is -1.24. The minimum Gasteiger partial charge on any atom is -0.489 e. The van der Waals surface area contributed by atoms with Crippen molar-refractivity contribution in [3.05, 3.63) is 28.8 Å². The van der Waals surface area contributed by atoms with Crippen LogP contribution in [0.3, 0.4) is 0 Å². The summed E-state index contributed by atoms with van der Waals surface area (Å²) in [5, 5.41) is 9.78. The van der Waals surface area contributed by atoms with Crippen molar-refractivity contribution in [2.75, 3.05) is 6.61 Å². The van der Waals surface area contributed by atoms with E-state index in [-0.39, 0.29) is 11.7 Å². The van der Waals surface area contributed by atoms with Crippen LogP contribution in [0.15, 0.2) is 18.2 Å². The third-order valence-electron chi connectivity index (χ3n) is 4.57. The molecule has 0 amide bonds. The predicted molar refractivity (Wildman–Crippen MR) is 81.6 cm³/mol. The van der Waals surface area contributed by atoms with Crippen LogP contribution < -0.4 is 4.74 Å². The maximum absolute atomic E-state index is 9.18. The summed E-state index contributed by atoms with van der Waals surface area (Å²) in [5.74, 6) is 0.600. The molecule has 3 rings (SSSR count). The Morgan fingerprint density at radius 1 is 1.29 bits per heavy atom. The average Bonchev–Trinajstić information content (AvgIpc) is 2.48. The molecule has 1 saturated carbocycles. The molecule has 0 aromatic heterocycles. The van der Waals surface area contributed by atoms with Gasteiger partial charge in [0.25, 0.3) is 0 Å². The lowest BCUT2D eigenvalue weighted by atomic mass is 9.79. The molecule has 1 atom stereocenters. The highest BCUT2D eigenvalue weighted by atomic mass is 35.5. The van der Waals surface area contributed by atoms with Crippen molar-refractivity contribution in [1.29, 1.82) is 5.26 Å². The van der Waals surface area contributed by atoms with Gasteiger partial charge in [0.15, 0.2) is 0 Å². The van der Waals surface area contributed by atoms with E-state index in [2.05, 4.69) is 6.07 Å². The van der Waals surface area contributed by atoms with Gasteiger partial charge in [-0.15, -0.1) is 0 Å². The highest BCUT2D eigenvalue weighted by molar-refractivity contribution is 6.30. The third kappa shape index (κ3) is 3.33. The van der Waals surface area contributed by atoms with Crippen molar-refractivity contribution < 1.29 is 9.47 Å². The lowest BCUT2D eigenvalue weighted by molar-refractivity contribution is -0.129. The zero-order valence-electron chi connectivity index (χ0n) is 12.1. The van der Waals surface area contributed by atoms with Crippen LogP contribution in [-0.4, -0.2) is 18.3 Å². The predicted octanol–water partition coefficient (Wildman–Crippen LogP) is 4.47. The van der Waals surface area contributed by atoms with Gasteiger partial charge >= 0.3 is 0 Å². The summed E-state index contributed by atoms with van der Waals surface area (Å²) in [5.41, 5.74) is 0.551. The van der Waals surface area contributed by atoms with Crippen LogP contribution in [0.5, 0.6) is 5.75 Å². The van der Waals surface area contributed by atoms with Gasteiger partial charge in [-0.05, 0) is 25.0 Å². The molecule has 1 aliphatic carbocycles. The molecule has 2 fully saturated rings. The summed E-state index contributed by atoms with van der Waals surface area (Å²) >= 11 is 6.02. The van der Waals surface area contributed by atoms with Gasteiger partial charge < -0.3 is 9.47 Å². The standard InChI is InChI=1S/C17H20ClNO2/c18-14-5-4-13(12-19)16(10-14)21-15-6-9-20-17(11-15)7-2-1-3-8-17/h4-5,10,15H,1-3,6-9,11H2. The van der Waals surface area contributed by atoms with Crippen LogP contribution in [0.2, 0.25) is 5.02 Å². The smallest absolute Gasteiger partial charge is 0.138 e. The van der Waals surface area contributed by atoms with Crippen molar-refractivity contribution in [1.82, 2.24) is 0 Å². The van der Waals surface area contributed by atoms with E-state index in [9.17, 15) is 5.26 Å². The van der Waals surface area contributed by atoms with Gasteiger partial charge in [0, 0.05) is 23.9 Å². The average molecular weight is 306 g/mol. The quantitative estimate of drug-likeness (QED) is 0.809. The van der Waals surface area contributed by atoms with E-state index in [1.807, 2.05) is 0 Å². The van der Waals surface area contributed by atoms with E-state index >= 15 is 0 Å². The number of rotatable bonds is 2. The molecule has 4 heteroatoms. The molecule has 1 aromatic rings. The van der Waals surface area contributed by atoms with Crippen LogP contribution in [0, 0.1) is 11.3 Å². The van der Waals surface area contributed by atoms with Gasteiger partial charge in [0.05, 0.1) is 17.8 Å². The third-order valence-corrected chi connectivity index (χ3v) is 4.81. The van der Waals surface area contributed by atoms with Gasteiger partial charge in [0.2, 0.25) is 0 Å². The topological polar surface area (TPSA) is 42.2 Å². The van der Waals surface area contributed by atoms with E-state index in [4.69, 9.17) is 21.1 Å². The van der Waals surface area contributed by atoms with E-state index in [1.165, 1.54) is 19.3 Å². The first-order valence-corrected chi connectivity index (χ1v) is 8.09. The Kier molecular flexibility index (Phi) is 4.37. The van der Waals surface area contributed by atoms with Crippen LogP contribution in [0.1, 0.15) is 50.5 Å². The minimum absolute atomic E-state index is 0.00650. The van der Waals surface area contributed by atoms with Crippen LogP contribution in [-0.2, 0) is 4.74 Å². The summed E-state index contributed by atoms with van der Waals surface area (Å²) in [6, 6.07) is 7.35. The van der Waals surface area contributed by atoms with Crippen molar-refractivity contribution in [2.45, 2.75) is 56.7 Å². The molecule has 1 spiro atoms. The second-order valence-corrected chi connectivity index (χ2v) is 6.51. The molecule has 0 N–H and O–H groups in total. The zero-order chi connectivity index (χ0) is 14.7. The van der Waals surface area contributed by atoms with Crippen molar-refractivity contribution in [3.63, 3.8) is 0 Å². The summed E-state index contributed by atoms with van der Waals surface area (Å²) in [7, 11) is 0. The van der Waals surface area contributed by atoms with Crippen molar-refractivity contribution >= 4 is 11.6 Å². The molecule has 21 heavy (non-hydrogen) atoms. The van der Waals surface area contributed by atoms with Gasteiger partial charge in [-0.3, -0.25) is 0 Å². The first-order valence-electron chi connectivity index (χ1n) is 7.71. The largest absolute Gasteiger partial charge is 0.489 e. The molecule has 3 nitrogen and oxygen atoms in total. The molecular formula is C17H20ClNO2. The van der Waals surface area contributed by atoms with E-state index in [0.717, 1.165) is 32.3 Å². The second-order valence-electron chi connectivity index (χ2n) is 6.08. The lowest BCUT2D eigenvalue weighted by Gasteiger charge is -2.43. The SMILES string of the molecule is N#Cc1ccc(Cl)cc1OC1CCOC2(CCCCC2)C1. The normalized spacial score (nSPS) is 24.5. The van der Waals surface area contributed by atoms with E-state index < -0.39 is 0 Å². The summed E-state index contributed by atoms with van der Waals surface area (Å²) < 4.78 is 12.2. The number of benzene rings is 1. The Balaban J connectivity index is 1.73. The van der Waals surface area contributed by atoms with Gasteiger partial charge in [-0.25, -0.2) is 0 Å². The number of hydrogen-bond donors (Lipinski definition) is 0. The Morgan fingerprint density at radius 2 is 2.10 bits per heavy atom. The molecular weight excluding hydrogens is 286 g/mol. The summed E-state index contributed by atoms with van der Waals surface area (Å²) in [6.07, 6.45) is 7.97. The molecule has 2 aliphatic rings. The van der Waals surface area contributed by atoms with Crippen LogP contribution in [0.4, 0.5) is 0 Å². The molecule has 1 heterocycles. The highest BCUT2D eigenvalue weighted by Gasteiger charge is 2.39. The van der Waals surface area contributed by atoms with Crippen LogP contribution in [0.25, 0.3) is 0 Å². The molecule has 112 valence electrons. The number of nitrogens with zero attached hydrogens (tertiary/aromatic N) is 1. The molecule has 1 saturated heterocycles. The van der Waals surface area contributed by atoms with Gasteiger partial charge in [-0.2, -0.15) is 5.26 Å². The maximum Gasteiger partial charge on any atom is 0.138 e. The summed E-state index contributed by atoms with van der Waals surface area (Å²) in [6.45, 7) is 0.743. The molecule has 0 bridgehead atoms. The first kappa shape index (κ1) is 14.7. The number of nitriles is 1. The van der Waals surface area contributed by atoms with Crippen LogP contribution >= 0.6 is 11.6 Å². The number of ether oxygens (including phenoxy) is 2. The second kappa shape index (κ2) is 6.25. The van der Waals surface area contributed by atoms with Crippen molar-refractivity contribution in [2.24, 2.45) is 0 Å². The molecule has 1 unspecified atom stereocenters. The van der Waals surface area contributed by atoms with Crippen molar-refractivity contribution in [3.8, 4) is 11.8 Å². The fraction of sp³-hybridized carbons (Fsp3) is 0.588. The fourth-order valence-electron chi connectivity index (χ4n) is 3.49. The van der Waals surface area contributed by atoms with E-state index in [0.29, 0.717) is 16.3 Å². The molecule has 1 aromatic carbocycles. The zero-order valence-corrected chi connectivity index (χ0v) is 12.9. The van der Waals surface area contributed by atoms with Gasteiger partial charge in [0.1, 0.15) is 17.9 Å². The monoisotopic (exact) mass is 305 g/mol. The number of halogens is 1. The minimum atomic E-state index is 0.00650. The molecule has 1 aliphatic heterocycles. The summed E-state index contributed by atoms with van der Waals surface area (Å²) in [4.78, 5) is 0. The Labute approximate surface area is 130 Å². The maximum atomic E-state index is 9.18. The first-order chi connectivity index (χ1) is 10.2. The fourth-order valence-corrected chi connectivity index (χ4v) is 3.66. The lowest BCUT2D eigenvalue weighted by Crippen LogP contribution is -2.45. The highest BCUT2D eigenvalue weighted by Crippen LogP contribution is 2.40. The Bertz CT molecular complexity index is 541. The Morgan fingerprint density at radius 3 is 2.86 bits per heavy atom. The van der Waals surface area contributed by atoms with E-state index in [1.54, 1.807) is 18.2 Å². The van der Waals surface area contributed by atoms with Gasteiger partial charge in [-0.1, -0.05) is 30.9 Å².